The number of amides is 2. The van der Waals surface area contributed by atoms with Crippen LogP contribution in [0.25, 0.3) is 11.3 Å². The number of hydrogen-bond acceptors (Lipinski definition) is 7. The van der Waals surface area contributed by atoms with Crippen molar-refractivity contribution in [3.05, 3.63) is 82.9 Å². The minimum atomic E-state index is -0.242. The number of piperazine rings is 1. The molecule has 0 unspecified atom stereocenters. The maximum Gasteiger partial charge on any atom is 0.258 e. The number of nitrogens with one attached hydrogen (secondary N) is 3. The number of likely N-dealkylation sites (N-methyl/N-ethyl adjacent to an activating group) is 1. The van der Waals surface area contributed by atoms with Crippen LogP contribution < -0.4 is 25.4 Å². The molecule has 3 aliphatic rings. The summed E-state index contributed by atoms with van der Waals surface area (Å²) in [6.45, 7) is 6.17. The van der Waals surface area contributed by atoms with Gasteiger partial charge in [-0.15, -0.1) is 0 Å². The third-order valence-electron chi connectivity index (χ3n) is 7.56. The molecule has 9 nitrogen and oxygen atoms in total. The van der Waals surface area contributed by atoms with Crippen molar-refractivity contribution in [2.45, 2.75) is 6.54 Å². The molecule has 3 N–H and O–H groups in total. The number of nitrogens with zero attached hydrogens (tertiary/aromatic N) is 2. The highest BCUT2D eigenvalue weighted by atomic mass is 16.6. The third kappa shape index (κ3) is 5.25. The normalized spacial score (nSPS) is 18.1. The molecule has 0 atom stereocenters. The summed E-state index contributed by atoms with van der Waals surface area (Å²) < 4.78 is 11.6. The summed E-state index contributed by atoms with van der Waals surface area (Å²) in [7, 11) is 3.75. The second kappa shape index (κ2) is 11.0. The van der Waals surface area contributed by atoms with E-state index < -0.39 is 0 Å². The van der Waals surface area contributed by atoms with Gasteiger partial charge in [0.05, 0.1) is 11.3 Å². The standard InChI is InChI=1S/C31H33N5O4/c1-32-30(37)22-5-9-24-25(17-22)34-31(38)28(24)29(21-6-10-26-27(18-21)40-16-15-39-26)33-23-7-3-20(4-8-23)19-36-13-11-35(2)12-14-36/h3-10,17-18,33H,11-16,19H2,1-2H3,(H,32,37)(H,34,38)/b29-28-. The fourth-order valence-corrected chi connectivity index (χ4v) is 5.29. The monoisotopic (exact) mass is 539 g/mol. The number of hydrogen-bond donors (Lipinski definition) is 3. The van der Waals surface area contributed by atoms with E-state index in [-0.39, 0.29) is 11.8 Å². The van der Waals surface area contributed by atoms with Gasteiger partial charge in [0.15, 0.2) is 11.5 Å². The fourth-order valence-electron chi connectivity index (χ4n) is 5.29. The zero-order valence-electron chi connectivity index (χ0n) is 22.8. The topological polar surface area (TPSA) is 95.2 Å². The van der Waals surface area contributed by atoms with Crippen LogP contribution in [0.2, 0.25) is 0 Å². The molecular weight excluding hydrogens is 506 g/mol. The molecule has 0 spiro atoms. The fraction of sp³-hybridized carbons (Fsp3) is 0.290. The van der Waals surface area contributed by atoms with Crippen molar-refractivity contribution in [2.24, 2.45) is 0 Å². The number of carbonyl (C=O) groups excluding carboxylic acids is 2. The number of carbonyl (C=O) groups is 2. The maximum absolute atomic E-state index is 13.4. The van der Waals surface area contributed by atoms with E-state index in [9.17, 15) is 9.59 Å². The number of anilines is 2. The van der Waals surface area contributed by atoms with Gasteiger partial charge in [0.25, 0.3) is 11.8 Å². The Morgan fingerprint density at radius 1 is 0.900 bits per heavy atom. The van der Waals surface area contributed by atoms with E-state index in [0.717, 1.165) is 49.5 Å². The molecule has 0 radical (unpaired) electrons. The van der Waals surface area contributed by atoms with Gasteiger partial charge >= 0.3 is 0 Å². The zero-order chi connectivity index (χ0) is 27.6. The third-order valence-corrected chi connectivity index (χ3v) is 7.56. The van der Waals surface area contributed by atoms with E-state index in [1.807, 2.05) is 36.4 Å². The maximum atomic E-state index is 13.4. The predicted molar refractivity (Wildman–Crippen MR) is 156 cm³/mol. The molecule has 6 rings (SSSR count). The van der Waals surface area contributed by atoms with Crippen molar-refractivity contribution in [2.75, 3.05) is 64.1 Å². The molecule has 0 aliphatic carbocycles. The van der Waals surface area contributed by atoms with Crippen molar-refractivity contribution in [3.8, 4) is 11.5 Å². The largest absolute Gasteiger partial charge is 0.486 e. The Kier molecular flexibility index (Phi) is 7.15. The molecule has 0 saturated carbocycles. The quantitative estimate of drug-likeness (QED) is 0.413. The number of rotatable bonds is 6. The lowest BCUT2D eigenvalue weighted by molar-refractivity contribution is -0.110. The molecule has 1 fully saturated rings. The molecule has 1 saturated heterocycles. The summed E-state index contributed by atoms with van der Waals surface area (Å²) >= 11 is 0. The van der Waals surface area contributed by atoms with Crippen LogP contribution in [0.3, 0.4) is 0 Å². The summed E-state index contributed by atoms with van der Waals surface area (Å²) in [5.41, 5.74) is 5.84. The van der Waals surface area contributed by atoms with E-state index in [1.54, 1.807) is 19.2 Å². The van der Waals surface area contributed by atoms with E-state index in [0.29, 0.717) is 47.2 Å². The van der Waals surface area contributed by atoms with Crippen LogP contribution in [0.4, 0.5) is 11.4 Å². The molecule has 0 aromatic heterocycles. The first-order valence-corrected chi connectivity index (χ1v) is 13.6. The van der Waals surface area contributed by atoms with Crippen LogP contribution in [0, 0.1) is 0 Å². The van der Waals surface area contributed by atoms with Crippen LogP contribution in [0.1, 0.15) is 27.0 Å². The molecule has 40 heavy (non-hydrogen) atoms. The summed E-state index contributed by atoms with van der Waals surface area (Å²) in [5, 5.41) is 9.09. The highest BCUT2D eigenvalue weighted by Crippen LogP contribution is 2.40. The van der Waals surface area contributed by atoms with Crippen LogP contribution in [-0.4, -0.2) is 75.1 Å². The van der Waals surface area contributed by atoms with Gasteiger partial charge in [-0.25, -0.2) is 0 Å². The number of benzene rings is 3. The molecule has 206 valence electrons. The SMILES string of the molecule is CNC(=O)c1ccc2c(c1)NC(=O)/C2=C(\Nc1ccc(CN2CCN(C)CC2)cc1)c1ccc2c(c1)OCCO2. The van der Waals surface area contributed by atoms with Crippen molar-refractivity contribution in [1.82, 2.24) is 15.1 Å². The second-order valence-electron chi connectivity index (χ2n) is 10.3. The van der Waals surface area contributed by atoms with Gasteiger partial charge in [-0.2, -0.15) is 0 Å². The Labute approximate surface area is 233 Å². The van der Waals surface area contributed by atoms with Crippen molar-refractivity contribution in [3.63, 3.8) is 0 Å². The van der Waals surface area contributed by atoms with Gasteiger partial charge in [0.2, 0.25) is 0 Å². The first-order valence-electron chi connectivity index (χ1n) is 13.6. The Morgan fingerprint density at radius 2 is 1.62 bits per heavy atom. The average Bonchev–Trinajstić information content (AvgIpc) is 3.31. The lowest BCUT2D eigenvalue weighted by Crippen LogP contribution is -2.43. The van der Waals surface area contributed by atoms with E-state index in [1.165, 1.54) is 5.56 Å². The Balaban J connectivity index is 1.35. The molecule has 3 aromatic carbocycles. The molecule has 0 bridgehead atoms. The Morgan fingerprint density at radius 3 is 2.38 bits per heavy atom. The second-order valence-corrected chi connectivity index (χ2v) is 10.3. The number of ether oxygens (including phenoxy) is 2. The highest BCUT2D eigenvalue weighted by Gasteiger charge is 2.30. The lowest BCUT2D eigenvalue weighted by Gasteiger charge is -2.32. The first-order chi connectivity index (χ1) is 19.5. The van der Waals surface area contributed by atoms with Crippen LogP contribution in [0.5, 0.6) is 11.5 Å². The molecule has 3 aliphatic heterocycles. The summed E-state index contributed by atoms with van der Waals surface area (Å²) in [5.74, 6) is 0.864. The zero-order valence-corrected chi connectivity index (χ0v) is 22.8. The Hall–Kier alpha value is -4.34. The van der Waals surface area contributed by atoms with E-state index >= 15 is 0 Å². The summed E-state index contributed by atoms with van der Waals surface area (Å²) in [4.78, 5) is 30.4. The first kappa shape index (κ1) is 25.9. The molecule has 3 aromatic rings. The minimum absolute atomic E-state index is 0.212. The highest BCUT2D eigenvalue weighted by molar-refractivity contribution is 6.37. The molecular formula is C31H33N5O4. The van der Waals surface area contributed by atoms with Gasteiger partial charge < -0.3 is 30.3 Å². The molecule has 9 heteroatoms. The minimum Gasteiger partial charge on any atom is -0.486 e. The van der Waals surface area contributed by atoms with Gasteiger partial charge in [-0.1, -0.05) is 18.2 Å². The Bertz CT molecular complexity index is 1480. The summed E-state index contributed by atoms with van der Waals surface area (Å²) in [6.07, 6.45) is 0. The van der Waals surface area contributed by atoms with Gasteiger partial charge in [0.1, 0.15) is 13.2 Å². The lowest BCUT2D eigenvalue weighted by atomic mass is 9.98. The van der Waals surface area contributed by atoms with Crippen LogP contribution in [0.15, 0.2) is 60.7 Å². The number of fused-ring (bicyclic) bond motifs is 2. The van der Waals surface area contributed by atoms with E-state index in [4.69, 9.17) is 9.47 Å². The smallest absolute Gasteiger partial charge is 0.258 e. The van der Waals surface area contributed by atoms with Crippen LogP contribution >= 0.6 is 0 Å². The predicted octanol–water partition coefficient (Wildman–Crippen LogP) is 3.50. The van der Waals surface area contributed by atoms with Crippen molar-refractivity contribution in [1.29, 1.82) is 0 Å². The average molecular weight is 540 g/mol. The summed E-state index contributed by atoms with van der Waals surface area (Å²) in [6, 6.07) is 19.3. The van der Waals surface area contributed by atoms with Gasteiger partial charge in [-0.05, 0) is 55.1 Å². The molecule has 2 amide bonds. The van der Waals surface area contributed by atoms with Gasteiger partial charge in [-0.3, -0.25) is 14.5 Å². The van der Waals surface area contributed by atoms with Crippen molar-refractivity contribution >= 4 is 34.5 Å². The van der Waals surface area contributed by atoms with Crippen LogP contribution in [-0.2, 0) is 11.3 Å². The van der Waals surface area contributed by atoms with E-state index in [2.05, 4.69) is 44.9 Å². The van der Waals surface area contributed by atoms with Gasteiger partial charge in [0, 0.05) is 67.8 Å². The molecule has 3 heterocycles. The van der Waals surface area contributed by atoms with Crippen molar-refractivity contribution < 1.29 is 19.1 Å².